The molecule has 1 aliphatic rings. The van der Waals surface area contributed by atoms with Crippen molar-refractivity contribution in [1.29, 1.82) is 0 Å². The number of nitrogens with one attached hydrogen (secondary N) is 1. The maximum absolute atomic E-state index is 12.2. The van der Waals surface area contributed by atoms with E-state index in [0.717, 1.165) is 17.1 Å². The van der Waals surface area contributed by atoms with Gasteiger partial charge in [-0.3, -0.25) is 9.69 Å². The van der Waals surface area contributed by atoms with Gasteiger partial charge in [-0.25, -0.2) is 4.98 Å². The van der Waals surface area contributed by atoms with Gasteiger partial charge in [-0.05, 0) is 44.0 Å². The predicted octanol–water partition coefficient (Wildman–Crippen LogP) is 4.05. The number of aromatic nitrogens is 1. The van der Waals surface area contributed by atoms with Crippen LogP contribution in [0.3, 0.4) is 0 Å². The van der Waals surface area contributed by atoms with Gasteiger partial charge < -0.3 is 19.2 Å². The Bertz CT molecular complexity index is 1040. The average molecular weight is 421 g/mol. The van der Waals surface area contributed by atoms with Gasteiger partial charge in [0, 0.05) is 19.1 Å². The Labute approximate surface area is 182 Å². The van der Waals surface area contributed by atoms with Crippen LogP contribution in [-0.2, 0) is 19.6 Å². The largest absolute Gasteiger partial charge is 0.454 e. The smallest absolute Gasteiger partial charge is 0.273 e. The van der Waals surface area contributed by atoms with Gasteiger partial charge in [0.05, 0.1) is 6.54 Å². The molecule has 1 N–H and O–H groups in total. The van der Waals surface area contributed by atoms with E-state index in [2.05, 4.69) is 46.4 Å². The molecule has 2 heterocycles. The summed E-state index contributed by atoms with van der Waals surface area (Å²) in [5.74, 6) is 1.80. The van der Waals surface area contributed by atoms with E-state index in [1.54, 1.807) is 0 Å². The number of aryl methyl sites for hydroxylation is 1. The van der Waals surface area contributed by atoms with E-state index in [9.17, 15) is 4.79 Å². The molecular formula is C24H27N3O4. The number of carbonyl (C=O) groups is 1. The van der Waals surface area contributed by atoms with E-state index in [4.69, 9.17) is 13.9 Å². The zero-order chi connectivity index (χ0) is 21.8. The molecule has 3 aromatic rings. The highest BCUT2D eigenvalue weighted by Crippen LogP contribution is 2.33. The second-order valence-electron chi connectivity index (χ2n) is 8.07. The summed E-state index contributed by atoms with van der Waals surface area (Å²) < 4.78 is 16.5. The summed E-state index contributed by atoms with van der Waals surface area (Å²) >= 11 is 0. The van der Waals surface area contributed by atoms with Crippen molar-refractivity contribution in [2.45, 2.75) is 46.4 Å². The number of carbonyl (C=O) groups excluding carboxylic acids is 1. The van der Waals surface area contributed by atoms with E-state index in [1.807, 2.05) is 32.0 Å². The molecule has 0 unspecified atom stereocenters. The third-order valence-electron chi connectivity index (χ3n) is 4.93. The van der Waals surface area contributed by atoms with Crippen LogP contribution in [0.15, 0.2) is 53.1 Å². The second-order valence-corrected chi connectivity index (χ2v) is 8.07. The molecule has 0 fully saturated rings. The third kappa shape index (κ3) is 5.44. The maximum Gasteiger partial charge on any atom is 0.273 e. The Morgan fingerprint density at radius 2 is 1.74 bits per heavy atom. The molecule has 162 valence electrons. The van der Waals surface area contributed by atoms with Crippen LogP contribution >= 0.6 is 0 Å². The minimum Gasteiger partial charge on any atom is -0.454 e. The fourth-order valence-electron chi connectivity index (χ4n) is 3.43. The lowest BCUT2D eigenvalue weighted by molar-refractivity contribution is 0.0938. The lowest BCUT2D eigenvalue weighted by Crippen LogP contribution is -2.30. The Morgan fingerprint density at radius 1 is 1.03 bits per heavy atom. The summed E-state index contributed by atoms with van der Waals surface area (Å²) in [5, 5.41) is 2.83. The monoisotopic (exact) mass is 421 g/mol. The molecule has 0 radical (unpaired) electrons. The Kier molecular flexibility index (Phi) is 6.23. The number of amides is 1. The number of hydrogen-bond acceptors (Lipinski definition) is 6. The van der Waals surface area contributed by atoms with Crippen LogP contribution < -0.4 is 14.8 Å². The Morgan fingerprint density at radius 3 is 2.52 bits per heavy atom. The lowest BCUT2D eigenvalue weighted by Gasteiger charge is -2.21. The molecule has 0 saturated heterocycles. The summed E-state index contributed by atoms with van der Waals surface area (Å²) in [6, 6.07) is 14.5. The van der Waals surface area contributed by atoms with Gasteiger partial charge in [0.1, 0.15) is 6.26 Å². The van der Waals surface area contributed by atoms with Crippen molar-refractivity contribution in [3.05, 3.63) is 77.0 Å². The van der Waals surface area contributed by atoms with Gasteiger partial charge in [0.25, 0.3) is 5.91 Å². The molecule has 0 saturated carbocycles. The van der Waals surface area contributed by atoms with Gasteiger partial charge in [-0.1, -0.05) is 35.9 Å². The van der Waals surface area contributed by atoms with Crippen molar-refractivity contribution < 1.29 is 18.7 Å². The van der Waals surface area contributed by atoms with Crippen LogP contribution in [0.2, 0.25) is 0 Å². The first-order valence-electron chi connectivity index (χ1n) is 10.4. The van der Waals surface area contributed by atoms with Crippen LogP contribution in [0.5, 0.6) is 11.5 Å². The van der Waals surface area contributed by atoms with Gasteiger partial charge in [0.2, 0.25) is 12.7 Å². The quantitative estimate of drug-likeness (QED) is 0.591. The zero-order valence-corrected chi connectivity index (χ0v) is 18.1. The fraction of sp³-hybridized carbons (Fsp3) is 0.333. The van der Waals surface area contributed by atoms with Gasteiger partial charge >= 0.3 is 0 Å². The number of rotatable bonds is 8. The molecule has 0 spiro atoms. The normalized spacial score (nSPS) is 12.5. The minimum atomic E-state index is -0.231. The molecular weight excluding hydrogens is 394 g/mol. The van der Waals surface area contributed by atoms with Crippen LogP contribution in [0, 0.1) is 6.92 Å². The van der Waals surface area contributed by atoms with E-state index < -0.39 is 0 Å². The molecule has 0 aliphatic carbocycles. The van der Waals surface area contributed by atoms with E-state index in [0.29, 0.717) is 31.2 Å². The van der Waals surface area contributed by atoms with Gasteiger partial charge in [-0.2, -0.15) is 0 Å². The van der Waals surface area contributed by atoms with E-state index >= 15 is 0 Å². The SMILES string of the molecule is Cc1ccc(CN(Cc2ccc3c(c2)OCO3)Cc2nc(C(=O)NC(C)C)co2)cc1. The predicted molar refractivity (Wildman–Crippen MR) is 116 cm³/mol. The molecule has 4 rings (SSSR count). The van der Waals surface area contributed by atoms with Crippen molar-refractivity contribution in [1.82, 2.24) is 15.2 Å². The Hall–Kier alpha value is -3.32. The second kappa shape index (κ2) is 9.22. The van der Waals surface area contributed by atoms with E-state index in [1.165, 1.54) is 17.4 Å². The molecule has 2 aromatic carbocycles. The lowest BCUT2D eigenvalue weighted by atomic mass is 10.1. The summed E-state index contributed by atoms with van der Waals surface area (Å²) in [5.41, 5.74) is 3.80. The molecule has 1 amide bonds. The highest BCUT2D eigenvalue weighted by Gasteiger charge is 2.18. The summed E-state index contributed by atoms with van der Waals surface area (Å²) in [4.78, 5) is 18.8. The number of benzene rings is 2. The molecule has 0 bridgehead atoms. The van der Waals surface area contributed by atoms with Gasteiger partial charge in [0.15, 0.2) is 17.2 Å². The zero-order valence-electron chi connectivity index (χ0n) is 18.1. The van der Waals surface area contributed by atoms with Gasteiger partial charge in [-0.15, -0.1) is 0 Å². The van der Waals surface area contributed by atoms with Crippen molar-refractivity contribution in [3.63, 3.8) is 0 Å². The van der Waals surface area contributed by atoms with Crippen molar-refractivity contribution in [2.24, 2.45) is 0 Å². The third-order valence-corrected chi connectivity index (χ3v) is 4.93. The molecule has 1 aromatic heterocycles. The molecule has 0 atom stereocenters. The minimum absolute atomic E-state index is 0.0386. The number of nitrogens with zero attached hydrogens (tertiary/aromatic N) is 2. The fourth-order valence-corrected chi connectivity index (χ4v) is 3.43. The van der Waals surface area contributed by atoms with Crippen LogP contribution in [0.25, 0.3) is 0 Å². The first-order chi connectivity index (χ1) is 15.0. The number of oxazole rings is 1. The number of hydrogen-bond donors (Lipinski definition) is 1. The van der Waals surface area contributed by atoms with E-state index in [-0.39, 0.29) is 18.7 Å². The summed E-state index contributed by atoms with van der Waals surface area (Å²) in [7, 11) is 0. The average Bonchev–Trinajstić information content (AvgIpc) is 3.38. The molecule has 7 nitrogen and oxygen atoms in total. The highest BCUT2D eigenvalue weighted by molar-refractivity contribution is 5.92. The van der Waals surface area contributed by atoms with Crippen LogP contribution in [0.4, 0.5) is 0 Å². The summed E-state index contributed by atoms with van der Waals surface area (Å²) in [6.45, 7) is 8.00. The highest BCUT2D eigenvalue weighted by atomic mass is 16.7. The van der Waals surface area contributed by atoms with Crippen molar-refractivity contribution >= 4 is 5.91 Å². The number of ether oxygens (including phenoxy) is 2. The standard InChI is InChI=1S/C24H27N3O4/c1-16(2)25-24(28)20-14-29-23(26-20)13-27(11-18-6-4-17(3)5-7-18)12-19-8-9-21-22(10-19)31-15-30-21/h4-10,14,16H,11-13,15H2,1-3H3,(H,25,28). The number of fused-ring (bicyclic) bond motifs is 1. The molecule has 7 heteroatoms. The molecule has 31 heavy (non-hydrogen) atoms. The van der Waals surface area contributed by atoms with Crippen LogP contribution in [-0.4, -0.2) is 28.6 Å². The first-order valence-corrected chi connectivity index (χ1v) is 10.4. The summed E-state index contributed by atoms with van der Waals surface area (Å²) in [6.07, 6.45) is 1.41. The van der Waals surface area contributed by atoms with Crippen LogP contribution in [0.1, 0.15) is 46.9 Å². The Balaban J connectivity index is 1.51. The van der Waals surface area contributed by atoms with Crippen molar-refractivity contribution in [3.8, 4) is 11.5 Å². The maximum atomic E-state index is 12.2. The first kappa shape index (κ1) is 20.9. The topological polar surface area (TPSA) is 76.8 Å². The van der Waals surface area contributed by atoms with Crippen molar-refractivity contribution in [2.75, 3.05) is 6.79 Å². The molecule has 1 aliphatic heterocycles.